The molecule has 4 nitrogen and oxygen atoms in total. The first-order valence-electron chi connectivity index (χ1n) is 7.05. The van der Waals surface area contributed by atoms with E-state index in [1.165, 1.54) is 0 Å². The minimum absolute atomic E-state index is 0.0290. The Balaban J connectivity index is 2.12. The second-order valence-corrected chi connectivity index (χ2v) is 5.68. The summed E-state index contributed by atoms with van der Waals surface area (Å²) in [6.07, 6.45) is 1.92. The summed E-state index contributed by atoms with van der Waals surface area (Å²) in [5.41, 5.74) is 2.78. The smallest absolute Gasteiger partial charge is 0.303 e. The molecule has 4 heteroatoms. The topological polar surface area (TPSA) is 57.6 Å². The minimum Gasteiger partial charge on any atom is -0.481 e. The number of likely N-dealkylation sites (tertiary alicyclic amines) is 1. The van der Waals surface area contributed by atoms with Crippen molar-refractivity contribution in [3.8, 4) is 0 Å². The molecule has 1 unspecified atom stereocenters. The Hall–Kier alpha value is -1.84. The molecule has 108 valence electrons. The van der Waals surface area contributed by atoms with Gasteiger partial charge in [0.1, 0.15) is 0 Å². The van der Waals surface area contributed by atoms with E-state index in [0.717, 1.165) is 36.1 Å². The highest BCUT2D eigenvalue weighted by molar-refractivity contribution is 5.96. The molecule has 0 aromatic heterocycles. The van der Waals surface area contributed by atoms with E-state index in [1.807, 2.05) is 32.0 Å². The largest absolute Gasteiger partial charge is 0.481 e. The van der Waals surface area contributed by atoms with E-state index in [1.54, 1.807) is 4.90 Å². The highest BCUT2D eigenvalue weighted by Gasteiger charge is 2.26. The number of nitrogens with zero attached hydrogens (tertiary/aromatic N) is 1. The number of hydrogen-bond donors (Lipinski definition) is 1. The molecule has 1 fully saturated rings. The molecule has 2 rings (SSSR count). The van der Waals surface area contributed by atoms with Crippen LogP contribution in [0.15, 0.2) is 18.2 Å². The molecule has 1 saturated heterocycles. The number of amides is 1. The van der Waals surface area contributed by atoms with Crippen LogP contribution in [-0.2, 0) is 4.79 Å². The zero-order valence-electron chi connectivity index (χ0n) is 12.1. The fourth-order valence-electron chi connectivity index (χ4n) is 2.80. The number of carbonyl (C=O) groups is 2. The Morgan fingerprint density at radius 3 is 2.80 bits per heavy atom. The lowest BCUT2D eigenvalue weighted by atomic mass is 9.94. The van der Waals surface area contributed by atoms with Crippen molar-refractivity contribution < 1.29 is 14.7 Å². The van der Waals surface area contributed by atoms with Gasteiger partial charge in [-0.2, -0.15) is 0 Å². The molecule has 0 radical (unpaired) electrons. The molecule has 1 N–H and O–H groups in total. The van der Waals surface area contributed by atoms with Crippen molar-refractivity contribution in [2.24, 2.45) is 5.92 Å². The molecule has 0 bridgehead atoms. The molecule has 1 heterocycles. The first-order chi connectivity index (χ1) is 9.47. The molecule has 1 aromatic carbocycles. The van der Waals surface area contributed by atoms with Crippen LogP contribution in [0.3, 0.4) is 0 Å². The normalized spacial score (nSPS) is 18.9. The van der Waals surface area contributed by atoms with Crippen LogP contribution in [0, 0.1) is 19.8 Å². The van der Waals surface area contributed by atoms with Gasteiger partial charge < -0.3 is 10.0 Å². The molecule has 1 aliphatic rings. The highest BCUT2D eigenvalue weighted by Crippen LogP contribution is 2.22. The third-order valence-corrected chi connectivity index (χ3v) is 3.89. The molecule has 1 amide bonds. The number of piperidine rings is 1. The molecule has 20 heavy (non-hydrogen) atoms. The Morgan fingerprint density at radius 1 is 1.35 bits per heavy atom. The standard InChI is InChI=1S/C16H21NO3/c1-11-5-6-12(2)14(8-11)16(20)17-7-3-4-13(10-17)9-15(18)19/h5-6,8,13H,3-4,7,9-10H2,1-2H3,(H,18,19). The van der Waals surface area contributed by atoms with Crippen molar-refractivity contribution in [1.29, 1.82) is 0 Å². The summed E-state index contributed by atoms with van der Waals surface area (Å²) in [7, 11) is 0. The summed E-state index contributed by atoms with van der Waals surface area (Å²) in [5, 5.41) is 8.88. The van der Waals surface area contributed by atoms with Crippen molar-refractivity contribution in [1.82, 2.24) is 4.90 Å². The van der Waals surface area contributed by atoms with E-state index in [0.29, 0.717) is 6.54 Å². The van der Waals surface area contributed by atoms with Crippen molar-refractivity contribution in [2.45, 2.75) is 33.1 Å². The first-order valence-corrected chi connectivity index (χ1v) is 7.05. The predicted octanol–water partition coefficient (Wildman–Crippen LogP) is 2.63. The van der Waals surface area contributed by atoms with Gasteiger partial charge in [0.25, 0.3) is 5.91 Å². The van der Waals surface area contributed by atoms with E-state index >= 15 is 0 Å². The summed E-state index contributed by atoms with van der Waals surface area (Å²) in [6.45, 7) is 5.19. The lowest BCUT2D eigenvalue weighted by molar-refractivity contribution is -0.138. The van der Waals surface area contributed by atoms with Gasteiger partial charge in [-0.25, -0.2) is 0 Å². The molecule has 1 aromatic rings. The van der Waals surface area contributed by atoms with E-state index < -0.39 is 5.97 Å². The molecule has 1 atom stereocenters. The zero-order chi connectivity index (χ0) is 14.7. The number of rotatable bonds is 3. The van der Waals surface area contributed by atoms with Crippen molar-refractivity contribution in [3.63, 3.8) is 0 Å². The van der Waals surface area contributed by atoms with Gasteiger partial charge in [0, 0.05) is 25.1 Å². The average molecular weight is 275 g/mol. The third kappa shape index (κ3) is 3.38. The Labute approximate surface area is 119 Å². The Morgan fingerprint density at radius 2 is 2.10 bits per heavy atom. The second kappa shape index (κ2) is 6.07. The maximum absolute atomic E-state index is 12.6. The number of benzene rings is 1. The van der Waals surface area contributed by atoms with E-state index in [9.17, 15) is 9.59 Å². The maximum Gasteiger partial charge on any atom is 0.303 e. The number of aliphatic carboxylic acids is 1. The highest BCUT2D eigenvalue weighted by atomic mass is 16.4. The van der Waals surface area contributed by atoms with E-state index in [-0.39, 0.29) is 18.2 Å². The van der Waals surface area contributed by atoms with Gasteiger partial charge in [-0.3, -0.25) is 9.59 Å². The molecule has 1 aliphatic heterocycles. The first kappa shape index (κ1) is 14.6. The van der Waals surface area contributed by atoms with Crippen LogP contribution in [0.2, 0.25) is 0 Å². The molecule has 0 aliphatic carbocycles. The van der Waals surface area contributed by atoms with Crippen LogP contribution < -0.4 is 0 Å². The lowest BCUT2D eigenvalue weighted by Gasteiger charge is -2.32. The Bertz CT molecular complexity index is 524. The van der Waals surface area contributed by atoms with Crippen molar-refractivity contribution in [2.75, 3.05) is 13.1 Å². The lowest BCUT2D eigenvalue weighted by Crippen LogP contribution is -2.40. The van der Waals surface area contributed by atoms with Gasteiger partial charge in [0.05, 0.1) is 0 Å². The van der Waals surface area contributed by atoms with Gasteiger partial charge in [0.2, 0.25) is 0 Å². The number of hydrogen-bond acceptors (Lipinski definition) is 2. The summed E-state index contributed by atoms with van der Waals surface area (Å²) < 4.78 is 0. The van der Waals surface area contributed by atoms with Crippen LogP contribution in [0.1, 0.15) is 40.7 Å². The van der Waals surface area contributed by atoms with Crippen LogP contribution in [0.4, 0.5) is 0 Å². The molecular weight excluding hydrogens is 254 g/mol. The van der Waals surface area contributed by atoms with Crippen LogP contribution in [0.5, 0.6) is 0 Å². The van der Waals surface area contributed by atoms with Gasteiger partial charge in [-0.05, 0) is 44.2 Å². The molecule has 0 spiro atoms. The molecule has 0 saturated carbocycles. The molecular formula is C16H21NO3. The van der Waals surface area contributed by atoms with Gasteiger partial charge >= 0.3 is 5.97 Å². The third-order valence-electron chi connectivity index (χ3n) is 3.89. The van der Waals surface area contributed by atoms with Crippen LogP contribution in [-0.4, -0.2) is 35.0 Å². The number of carboxylic acid groups (broad SMARTS) is 1. The quantitative estimate of drug-likeness (QED) is 0.922. The van der Waals surface area contributed by atoms with Gasteiger partial charge in [-0.1, -0.05) is 17.7 Å². The monoisotopic (exact) mass is 275 g/mol. The summed E-state index contributed by atoms with van der Waals surface area (Å²) >= 11 is 0. The Kier molecular flexibility index (Phi) is 4.42. The minimum atomic E-state index is -0.781. The summed E-state index contributed by atoms with van der Waals surface area (Å²) in [6, 6.07) is 5.87. The number of carboxylic acids is 1. The number of carbonyl (C=O) groups excluding carboxylic acids is 1. The fraction of sp³-hybridized carbons (Fsp3) is 0.500. The fourth-order valence-corrected chi connectivity index (χ4v) is 2.80. The van der Waals surface area contributed by atoms with E-state index in [2.05, 4.69) is 0 Å². The number of aryl methyl sites for hydroxylation is 2. The second-order valence-electron chi connectivity index (χ2n) is 5.68. The van der Waals surface area contributed by atoms with Crippen molar-refractivity contribution >= 4 is 11.9 Å². The zero-order valence-corrected chi connectivity index (χ0v) is 12.1. The van der Waals surface area contributed by atoms with Crippen LogP contribution in [0.25, 0.3) is 0 Å². The maximum atomic E-state index is 12.6. The van der Waals surface area contributed by atoms with E-state index in [4.69, 9.17) is 5.11 Å². The average Bonchev–Trinajstić information content (AvgIpc) is 2.40. The summed E-state index contributed by atoms with van der Waals surface area (Å²) in [4.78, 5) is 25.2. The van der Waals surface area contributed by atoms with Gasteiger partial charge in [0.15, 0.2) is 0 Å². The SMILES string of the molecule is Cc1ccc(C)c(C(=O)N2CCCC(CC(=O)O)C2)c1. The van der Waals surface area contributed by atoms with Crippen molar-refractivity contribution in [3.05, 3.63) is 34.9 Å². The van der Waals surface area contributed by atoms with Gasteiger partial charge in [-0.15, -0.1) is 0 Å². The van der Waals surface area contributed by atoms with Crippen LogP contribution >= 0.6 is 0 Å². The predicted molar refractivity (Wildman–Crippen MR) is 76.8 cm³/mol. The summed E-state index contributed by atoms with van der Waals surface area (Å²) in [5.74, 6) is -0.673.